The second-order valence-electron chi connectivity index (χ2n) is 14.7. The van der Waals surface area contributed by atoms with Gasteiger partial charge in [0, 0.05) is 98.1 Å². The molecule has 6 nitrogen and oxygen atoms in total. The minimum absolute atomic E-state index is 0.605. The number of aromatic nitrogens is 3. The number of rotatable bonds is 3. The first kappa shape index (κ1) is 35.7. The van der Waals surface area contributed by atoms with Crippen molar-refractivity contribution in [1.29, 1.82) is 5.26 Å². The zero-order valence-electron chi connectivity index (χ0n) is 32.7. The van der Waals surface area contributed by atoms with Crippen molar-refractivity contribution in [2.45, 2.75) is 6.92 Å². The molecule has 0 aliphatic rings. The van der Waals surface area contributed by atoms with E-state index < -0.39 is 0 Å². The number of nitrogens with zero attached hydrogens (tertiary/aromatic N) is 6. The van der Waals surface area contributed by atoms with Crippen LogP contribution < -0.4 is 0 Å². The molecular weight excluding hydrogens is 773 g/mol. The lowest BCUT2D eigenvalue weighted by Crippen LogP contribution is -2.00. The number of benzene rings is 7. The average Bonchev–Trinajstić information content (AvgIpc) is 4.06. The molecule has 12 rings (SSSR count). The van der Waals surface area contributed by atoms with Gasteiger partial charge in [0.25, 0.3) is 0 Å². The summed E-state index contributed by atoms with van der Waals surface area (Å²) in [6, 6.07) is 54.6. The minimum atomic E-state index is 0.605. The normalized spacial score (nSPS) is 12.0. The predicted octanol–water partition coefficient (Wildman–Crippen LogP) is 14.3. The van der Waals surface area contributed by atoms with Crippen molar-refractivity contribution >= 4 is 119 Å². The number of amidine groups is 1. The van der Waals surface area contributed by atoms with Gasteiger partial charge < -0.3 is 9.13 Å². The Labute approximate surface area is 352 Å². The van der Waals surface area contributed by atoms with Gasteiger partial charge in [0.05, 0.1) is 39.4 Å². The first-order chi connectivity index (χ1) is 29.6. The SMILES string of the molecule is C=NC(C)=NC.N#Cc1ccc(-n2c3ccccc3c3c4sc5ccccc5c4ccc32)cc1-c1cnccc1-n1c2ccccc2c2c3sc4ccccc4c3ccc21. The van der Waals surface area contributed by atoms with E-state index in [2.05, 4.69) is 176 Å². The summed E-state index contributed by atoms with van der Waals surface area (Å²) in [5, 5.41) is 20.7. The lowest BCUT2D eigenvalue weighted by atomic mass is 9.99. The molecule has 0 spiro atoms. The Bertz CT molecular complexity index is 3790. The topological polar surface area (TPSA) is 71.3 Å². The smallest absolute Gasteiger partial charge is 0.119 e. The highest BCUT2D eigenvalue weighted by Crippen LogP contribution is 2.46. The fraction of sp³-hybridized carbons (Fsp3) is 0.0385. The second kappa shape index (κ2) is 14.1. The van der Waals surface area contributed by atoms with Crippen molar-refractivity contribution in [2.75, 3.05) is 7.05 Å². The van der Waals surface area contributed by atoms with Gasteiger partial charge in [-0.25, -0.2) is 4.99 Å². The summed E-state index contributed by atoms with van der Waals surface area (Å²) < 4.78 is 9.88. The van der Waals surface area contributed by atoms with Crippen LogP contribution in [0.4, 0.5) is 0 Å². The van der Waals surface area contributed by atoms with Crippen LogP contribution >= 0.6 is 22.7 Å². The fourth-order valence-electron chi connectivity index (χ4n) is 8.86. The van der Waals surface area contributed by atoms with Gasteiger partial charge in [-0.05, 0) is 74.3 Å². The second-order valence-corrected chi connectivity index (χ2v) is 16.8. The Morgan fingerprint density at radius 3 is 1.72 bits per heavy atom. The van der Waals surface area contributed by atoms with Crippen molar-refractivity contribution in [2.24, 2.45) is 9.98 Å². The monoisotopic (exact) mass is 806 g/mol. The quantitative estimate of drug-likeness (QED) is 0.132. The summed E-state index contributed by atoms with van der Waals surface area (Å²) >= 11 is 3.71. The van der Waals surface area contributed by atoms with E-state index in [0.29, 0.717) is 5.56 Å². The van der Waals surface area contributed by atoms with E-state index in [1.807, 2.05) is 41.1 Å². The van der Waals surface area contributed by atoms with Crippen LogP contribution in [0.2, 0.25) is 0 Å². The molecule has 0 bridgehead atoms. The van der Waals surface area contributed by atoms with Gasteiger partial charge >= 0.3 is 0 Å². The summed E-state index contributed by atoms with van der Waals surface area (Å²) in [4.78, 5) is 11.9. The molecule has 284 valence electrons. The van der Waals surface area contributed by atoms with Crippen LogP contribution in [0, 0.1) is 11.3 Å². The summed E-state index contributed by atoms with van der Waals surface area (Å²) in [5.41, 5.74) is 8.87. The van der Waals surface area contributed by atoms with Crippen LogP contribution in [-0.2, 0) is 0 Å². The van der Waals surface area contributed by atoms with Crippen LogP contribution in [0.3, 0.4) is 0 Å². The molecular formula is C52H34N6S2. The van der Waals surface area contributed by atoms with Crippen LogP contribution in [0.15, 0.2) is 168 Å². The standard InChI is InChI=1S/C48H26N4S2.C4H8N2/c49-26-28-17-18-29(51-38-13-5-1-11-34(38)45-41(51)21-19-32-30-9-3-7-15-43(30)53-47(32)45)25-36(28)37-27-50-24-23-40(37)52-39-14-6-2-12-35(39)46-42(52)22-20-33-31-10-4-8-16-44(31)54-48(33)46;1-4(5-2)6-3/h1-25,27H;2H2,1,3H3. The van der Waals surface area contributed by atoms with Crippen LogP contribution in [0.25, 0.3) is 106 Å². The predicted molar refractivity (Wildman–Crippen MR) is 257 cm³/mol. The number of fused-ring (bicyclic) bond motifs is 14. The van der Waals surface area contributed by atoms with Gasteiger partial charge in [0.2, 0.25) is 0 Å². The first-order valence-corrected chi connectivity index (χ1v) is 21.3. The van der Waals surface area contributed by atoms with Crippen LogP contribution in [0.1, 0.15) is 12.5 Å². The van der Waals surface area contributed by atoms with Gasteiger partial charge in [-0.2, -0.15) is 5.26 Å². The Kier molecular flexibility index (Phi) is 8.41. The maximum Gasteiger partial charge on any atom is 0.119 e. The fourth-order valence-corrected chi connectivity index (χ4v) is 11.4. The molecule has 0 aliphatic heterocycles. The molecule has 60 heavy (non-hydrogen) atoms. The molecule has 0 saturated heterocycles. The van der Waals surface area contributed by atoms with E-state index in [1.54, 1.807) is 14.0 Å². The highest BCUT2D eigenvalue weighted by molar-refractivity contribution is 7.27. The highest BCUT2D eigenvalue weighted by Gasteiger charge is 2.22. The minimum Gasteiger partial charge on any atom is -0.309 e. The largest absolute Gasteiger partial charge is 0.309 e. The van der Waals surface area contributed by atoms with Crippen LogP contribution in [0.5, 0.6) is 0 Å². The van der Waals surface area contributed by atoms with Gasteiger partial charge in [-0.3, -0.25) is 9.98 Å². The maximum atomic E-state index is 10.6. The van der Waals surface area contributed by atoms with Crippen molar-refractivity contribution < 1.29 is 0 Å². The van der Waals surface area contributed by atoms with E-state index in [4.69, 9.17) is 0 Å². The zero-order chi connectivity index (χ0) is 40.5. The average molecular weight is 807 g/mol. The highest BCUT2D eigenvalue weighted by atomic mass is 32.1. The number of thiophene rings is 2. The lowest BCUT2D eigenvalue weighted by molar-refractivity contribution is 1.15. The molecule has 0 amide bonds. The molecule has 5 heterocycles. The Balaban J connectivity index is 0.000000637. The van der Waals surface area contributed by atoms with Gasteiger partial charge in [-0.1, -0.05) is 84.9 Å². The number of para-hydroxylation sites is 2. The Morgan fingerprint density at radius 1 is 0.600 bits per heavy atom. The summed E-state index contributed by atoms with van der Waals surface area (Å²) in [5.74, 6) is 0.731. The zero-order valence-corrected chi connectivity index (χ0v) is 34.4. The maximum absolute atomic E-state index is 10.6. The third-order valence-electron chi connectivity index (χ3n) is 11.6. The number of pyridine rings is 1. The van der Waals surface area contributed by atoms with Crippen molar-refractivity contribution in [3.05, 3.63) is 164 Å². The molecule has 12 aromatic rings. The molecule has 0 N–H and O–H groups in total. The van der Waals surface area contributed by atoms with Gasteiger partial charge in [0.15, 0.2) is 0 Å². The van der Waals surface area contributed by atoms with E-state index >= 15 is 0 Å². The summed E-state index contributed by atoms with van der Waals surface area (Å²) in [6.45, 7) is 5.05. The first-order valence-electron chi connectivity index (χ1n) is 19.6. The van der Waals surface area contributed by atoms with Crippen molar-refractivity contribution in [3.8, 4) is 28.6 Å². The van der Waals surface area contributed by atoms with E-state index in [1.165, 1.54) is 61.9 Å². The van der Waals surface area contributed by atoms with E-state index in [-0.39, 0.29) is 0 Å². The molecule has 5 aromatic heterocycles. The molecule has 0 unspecified atom stereocenters. The summed E-state index contributed by atoms with van der Waals surface area (Å²) in [6.07, 6.45) is 3.77. The van der Waals surface area contributed by atoms with Crippen molar-refractivity contribution in [3.63, 3.8) is 0 Å². The molecule has 0 aliphatic carbocycles. The molecule has 0 radical (unpaired) electrons. The number of hydrogen-bond acceptors (Lipinski definition) is 5. The molecule has 0 fully saturated rings. The number of aliphatic imine (C=N–C) groups is 2. The van der Waals surface area contributed by atoms with E-state index in [9.17, 15) is 5.26 Å². The molecule has 0 atom stereocenters. The van der Waals surface area contributed by atoms with Crippen LogP contribution in [-0.4, -0.2) is 33.7 Å². The number of nitriles is 1. The van der Waals surface area contributed by atoms with Gasteiger partial charge in [-0.15, -0.1) is 22.7 Å². The third kappa shape index (κ3) is 5.34. The summed E-state index contributed by atoms with van der Waals surface area (Å²) in [7, 11) is 1.68. The Morgan fingerprint density at radius 2 is 1.15 bits per heavy atom. The Hall–Kier alpha value is -7.44. The lowest BCUT2D eigenvalue weighted by Gasteiger charge is -2.16. The molecule has 7 aromatic carbocycles. The third-order valence-corrected chi connectivity index (χ3v) is 14.0. The number of hydrogen-bond donors (Lipinski definition) is 0. The molecule has 0 saturated carbocycles. The van der Waals surface area contributed by atoms with Gasteiger partial charge in [0.1, 0.15) is 5.84 Å². The van der Waals surface area contributed by atoms with E-state index in [0.717, 1.165) is 50.4 Å². The molecule has 8 heteroatoms. The van der Waals surface area contributed by atoms with Crippen molar-refractivity contribution in [1.82, 2.24) is 14.1 Å².